The lowest BCUT2D eigenvalue weighted by molar-refractivity contribution is 0.146. The molecule has 8 nitrogen and oxygen atoms in total. The zero-order chi connectivity index (χ0) is 18.1. The zero-order valence-corrected chi connectivity index (χ0v) is 18.5. The number of rotatable bonds is 8. The molecule has 1 atom stereocenters. The Labute approximate surface area is 173 Å². The van der Waals surface area contributed by atoms with E-state index >= 15 is 0 Å². The van der Waals surface area contributed by atoms with Crippen molar-refractivity contribution in [1.82, 2.24) is 20.3 Å². The van der Waals surface area contributed by atoms with Crippen molar-refractivity contribution in [3.05, 3.63) is 24.2 Å². The van der Waals surface area contributed by atoms with Crippen LogP contribution in [0.1, 0.15) is 31.1 Å². The summed E-state index contributed by atoms with van der Waals surface area (Å²) in [5.41, 5.74) is 0. The molecular formula is C16H30IN5O3S. The lowest BCUT2D eigenvalue weighted by Gasteiger charge is -2.33. The molecule has 0 radical (unpaired) electrons. The van der Waals surface area contributed by atoms with Crippen LogP contribution in [0.4, 0.5) is 0 Å². The maximum Gasteiger partial charge on any atom is 0.208 e. The van der Waals surface area contributed by atoms with Gasteiger partial charge in [0.15, 0.2) is 5.96 Å². The minimum atomic E-state index is -3.17. The number of likely N-dealkylation sites (tertiary alicyclic amines) is 1. The van der Waals surface area contributed by atoms with E-state index in [1.54, 1.807) is 13.3 Å². The first kappa shape index (κ1) is 23.2. The highest BCUT2D eigenvalue weighted by atomic mass is 127. The lowest BCUT2D eigenvalue weighted by Crippen LogP contribution is -2.45. The number of nitrogens with zero attached hydrogens (tertiary/aromatic N) is 2. The maximum absolute atomic E-state index is 11.1. The SMILES string of the molecule is CN=C(NCCNS(C)(=O)=O)NCC(c1ccco1)N1CCCCC1.I. The van der Waals surface area contributed by atoms with E-state index in [-0.39, 0.29) is 30.0 Å². The standard InChI is InChI=1S/C16H29N5O3S.HI/c1-17-16(18-8-9-20-25(2,22)23)19-13-14(15-7-6-12-24-15)21-10-4-3-5-11-21;/h6-7,12,14,20H,3-5,8-11,13H2,1-2H3,(H2,17,18,19);1H. The third-order valence-corrected chi connectivity index (χ3v) is 4.90. The number of guanidine groups is 1. The Balaban J connectivity index is 0.00000338. The molecule has 26 heavy (non-hydrogen) atoms. The van der Waals surface area contributed by atoms with E-state index in [4.69, 9.17) is 4.42 Å². The highest BCUT2D eigenvalue weighted by molar-refractivity contribution is 14.0. The van der Waals surface area contributed by atoms with Crippen molar-refractivity contribution < 1.29 is 12.8 Å². The number of aliphatic imine (C=N–C) groups is 1. The summed E-state index contributed by atoms with van der Waals surface area (Å²) in [5, 5.41) is 6.42. The van der Waals surface area contributed by atoms with Crippen LogP contribution in [0.2, 0.25) is 0 Å². The molecule has 0 spiro atoms. The molecule has 1 aromatic rings. The van der Waals surface area contributed by atoms with Gasteiger partial charge in [-0.15, -0.1) is 24.0 Å². The van der Waals surface area contributed by atoms with Crippen molar-refractivity contribution in [3.63, 3.8) is 0 Å². The van der Waals surface area contributed by atoms with Gasteiger partial charge in [-0.25, -0.2) is 13.1 Å². The quantitative estimate of drug-likeness (QED) is 0.215. The molecule has 0 bridgehead atoms. The fraction of sp³-hybridized carbons (Fsp3) is 0.688. The molecule has 150 valence electrons. The van der Waals surface area contributed by atoms with Crippen LogP contribution in [-0.2, 0) is 10.0 Å². The Morgan fingerprint density at radius 2 is 2.00 bits per heavy atom. The van der Waals surface area contributed by atoms with Gasteiger partial charge in [-0.3, -0.25) is 9.89 Å². The summed E-state index contributed by atoms with van der Waals surface area (Å²) < 4.78 is 30.2. The Hall–Kier alpha value is -0.850. The second-order valence-electron chi connectivity index (χ2n) is 6.17. The van der Waals surface area contributed by atoms with E-state index in [2.05, 4.69) is 25.2 Å². The molecule has 1 aromatic heterocycles. The van der Waals surface area contributed by atoms with Crippen molar-refractivity contribution in [2.45, 2.75) is 25.3 Å². The second kappa shape index (κ2) is 11.8. The van der Waals surface area contributed by atoms with E-state index in [1.165, 1.54) is 19.3 Å². The number of piperidine rings is 1. The van der Waals surface area contributed by atoms with Crippen LogP contribution in [0.15, 0.2) is 27.8 Å². The van der Waals surface area contributed by atoms with Gasteiger partial charge < -0.3 is 15.1 Å². The van der Waals surface area contributed by atoms with Gasteiger partial charge in [0.1, 0.15) is 5.76 Å². The van der Waals surface area contributed by atoms with E-state index in [9.17, 15) is 8.42 Å². The molecule has 3 N–H and O–H groups in total. The van der Waals surface area contributed by atoms with E-state index in [0.717, 1.165) is 25.1 Å². The van der Waals surface area contributed by atoms with Crippen LogP contribution >= 0.6 is 24.0 Å². The topological polar surface area (TPSA) is 99.0 Å². The normalized spacial score (nSPS) is 17.4. The average molecular weight is 499 g/mol. The summed E-state index contributed by atoms with van der Waals surface area (Å²) in [6.07, 6.45) is 6.55. The molecule has 2 heterocycles. The Kier molecular flexibility index (Phi) is 10.5. The fourth-order valence-electron chi connectivity index (χ4n) is 2.95. The molecule has 0 aliphatic carbocycles. The van der Waals surface area contributed by atoms with Gasteiger partial charge in [-0.05, 0) is 38.1 Å². The molecule has 0 saturated carbocycles. The molecule has 1 fully saturated rings. The largest absolute Gasteiger partial charge is 0.468 e. The van der Waals surface area contributed by atoms with Crippen LogP contribution in [-0.4, -0.2) is 65.3 Å². The Morgan fingerprint density at radius 1 is 1.27 bits per heavy atom. The van der Waals surface area contributed by atoms with E-state index in [0.29, 0.717) is 25.6 Å². The molecule has 0 aromatic carbocycles. The summed E-state index contributed by atoms with van der Waals surface area (Å²) >= 11 is 0. The van der Waals surface area contributed by atoms with Crippen molar-refractivity contribution in [2.24, 2.45) is 4.99 Å². The molecule has 1 aliphatic rings. The molecule has 10 heteroatoms. The maximum atomic E-state index is 11.1. The summed E-state index contributed by atoms with van der Waals surface area (Å²) in [6.45, 7) is 3.58. The molecule has 1 unspecified atom stereocenters. The number of nitrogens with one attached hydrogen (secondary N) is 3. The Bertz CT molecular complexity index is 630. The molecule has 0 amide bonds. The summed E-state index contributed by atoms with van der Waals surface area (Å²) in [6, 6.07) is 4.08. The number of hydrogen-bond acceptors (Lipinski definition) is 5. The van der Waals surface area contributed by atoms with Gasteiger partial charge in [-0.2, -0.15) is 0 Å². The zero-order valence-electron chi connectivity index (χ0n) is 15.4. The molecule has 1 saturated heterocycles. The first-order valence-corrected chi connectivity index (χ1v) is 10.6. The summed E-state index contributed by atoms with van der Waals surface area (Å²) in [4.78, 5) is 6.63. The Morgan fingerprint density at radius 3 is 2.58 bits per heavy atom. The van der Waals surface area contributed by atoms with Crippen molar-refractivity contribution in [1.29, 1.82) is 0 Å². The minimum Gasteiger partial charge on any atom is -0.468 e. The monoisotopic (exact) mass is 499 g/mol. The highest BCUT2D eigenvalue weighted by Crippen LogP contribution is 2.24. The number of halogens is 1. The van der Waals surface area contributed by atoms with Crippen LogP contribution in [0.25, 0.3) is 0 Å². The first-order valence-electron chi connectivity index (χ1n) is 8.66. The highest BCUT2D eigenvalue weighted by Gasteiger charge is 2.24. The second-order valence-corrected chi connectivity index (χ2v) is 8.01. The van der Waals surface area contributed by atoms with Gasteiger partial charge in [0.25, 0.3) is 0 Å². The van der Waals surface area contributed by atoms with Crippen LogP contribution < -0.4 is 15.4 Å². The van der Waals surface area contributed by atoms with E-state index in [1.807, 2.05) is 12.1 Å². The van der Waals surface area contributed by atoms with Gasteiger partial charge in [0, 0.05) is 26.7 Å². The molecule has 1 aliphatic heterocycles. The van der Waals surface area contributed by atoms with Crippen LogP contribution in [0, 0.1) is 0 Å². The van der Waals surface area contributed by atoms with Gasteiger partial charge in [-0.1, -0.05) is 6.42 Å². The van der Waals surface area contributed by atoms with Crippen molar-refractivity contribution in [3.8, 4) is 0 Å². The fourth-order valence-corrected chi connectivity index (χ4v) is 3.42. The summed E-state index contributed by atoms with van der Waals surface area (Å²) in [5.74, 6) is 1.59. The molecule has 2 rings (SSSR count). The first-order chi connectivity index (χ1) is 12.0. The van der Waals surface area contributed by atoms with Gasteiger partial charge in [0.2, 0.25) is 10.0 Å². The van der Waals surface area contributed by atoms with Crippen LogP contribution in [0.3, 0.4) is 0 Å². The summed E-state index contributed by atoms with van der Waals surface area (Å²) in [7, 11) is -1.47. The lowest BCUT2D eigenvalue weighted by atomic mass is 10.1. The van der Waals surface area contributed by atoms with Crippen LogP contribution in [0.5, 0.6) is 0 Å². The van der Waals surface area contributed by atoms with Crippen molar-refractivity contribution >= 4 is 40.0 Å². The third-order valence-electron chi connectivity index (χ3n) is 4.17. The predicted molar refractivity (Wildman–Crippen MR) is 114 cm³/mol. The van der Waals surface area contributed by atoms with E-state index < -0.39 is 10.0 Å². The molecular weight excluding hydrogens is 469 g/mol. The van der Waals surface area contributed by atoms with Gasteiger partial charge in [0.05, 0.1) is 18.6 Å². The average Bonchev–Trinajstić information content (AvgIpc) is 3.11. The smallest absolute Gasteiger partial charge is 0.208 e. The number of furan rings is 1. The number of sulfonamides is 1. The minimum absolute atomic E-state index is 0. The predicted octanol–water partition coefficient (Wildman–Crippen LogP) is 1.14. The van der Waals surface area contributed by atoms with Gasteiger partial charge >= 0.3 is 0 Å². The number of hydrogen-bond donors (Lipinski definition) is 3. The van der Waals surface area contributed by atoms with Crippen molar-refractivity contribution in [2.75, 3.05) is 46.0 Å². The third kappa shape index (κ3) is 8.23.